The summed E-state index contributed by atoms with van der Waals surface area (Å²) in [6, 6.07) is 0.746. The molecule has 0 aromatic carbocycles. The molecular weight excluding hydrogens is 318 g/mol. The first kappa shape index (κ1) is 16.2. The Morgan fingerprint density at radius 1 is 1.12 bits per heavy atom. The van der Waals surface area contributed by atoms with Crippen LogP contribution in [0.3, 0.4) is 0 Å². The Balaban J connectivity index is 1.40. The normalized spacial score (nSPS) is 23.9. The second-order valence-corrected chi connectivity index (χ2v) is 8.09. The van der Waals surface area contributed by atoms with Crippen molar-refractivity contribution in [1.82, 2.24) is 19.8 Å². The van der Waals surface area contributed by atoms with Gasteiger partial charge in [0.2, 0.25) is 0 Å². The Morgan fingerprint density at radius 3 is 2.75 bits per heavy atom. The van der Waals surface area contributed by atoms with E-state index in [0.29, 0.717) is 0 Å². The summed E-state index contributed by atoms with van der Waals surface area (Å²) in [5.41, 5.74) is 2.38. The molecule has 2 aromatic heterocycles. The van der Waals surface area contributed by atoms with E-state index >= 15 is 0 Å². The van der Waals surface area contributed by atoms with Gasteiger partial charge in [-0.25, -0.2) is 9.97 Å². The Kier molecular flexibility index (Phi) is 4.70. The van der Waals surface area contributed by atoms with Crippen molar-refractivity contribution in [2.24, 2.45) is 0 Å². The van der Waals surface area contributed by atoms with E-state index in [-0.39, 0.29) is 0 Å². The second kappa shape index (κ2) is 6.94. The lowest BCUT2D eigenvalue weighted by Gasteiger charge is -2.40. The highest BCUT2D eigenvalue weighted by Gasteiger charge is 2.25. The first-order valence-corrected chi connectivity index (χ1v) is 9.96. The summed E-state index contributed by atoms with van der Waals surface area (Å²) in [4.78, 5) is 16.7. The summed E-state index contributed by atoms with van der Waals surface area (Å²) in [6.07, 6.45) is 5.84. The molecule has 130 valence electrons. The highest BCUT2D eigenvalue weighted by molar-refractivity contribution is 7.18. The molecule has 0 bridgehead atoms. The van der Waals surface area contributed by atoms with Crippen LogP contribution in [0, 0.1) is 6.92 Å². The molecule has 24 heavy (non-hydrogen) atoms. The molecule has 0 aliphatic carbocycles. The lowest BCUT2D eigenvalue weighted by atomic mass is 10.0. The van der Waals surface area contributed by atoms with Gasteiger partial charge in [0.05, 0.1) is 10.2 Å². The first-order chi connectivity index (χ1) is 11.7. The number of anilines is 1. The molecule has 2 fully saturated rings. The number of aromatic nitrogens is 2. The number of likely N-dealkylation sites (N-methyl/N-ethyl adjacent to an activating group) is 1. The lowest BCUT2D eigenvalue weighted by Crippen LogP contribution is -2.52. The molecule has 0 saturated carbocycles. The van der Waals surface area contributed by atoms with Crippen LogP contribution in [0.2, 0.25) is 0 Å². The van der Waals surface area contributed by atoms with E-state index in [9.17, 15) is 0 Å². The van der Waals surface area contributed by atoms with Crippen molar-refractivity contribution in [2.45, 2.75) is 32.2 Å². The fourth-order valence-electron chi connectivity index (χ4n) is 4.00. The van der Waals surface area contributed by atoms with Crippen LogP contribution in [-0.4, -0.2) is 72.1 Å². The predicted octanol–water partition coefficient (Wildman–Crippen LogP) is 2.61. The van der Waals surface area contributed by atoms with Crippen LogP contribution in [0.1, 0.15) is 24.8 Å². The minimum absolute atomic E-state index is 0.746. The molecule has 2 aliphatic heterocycles. The Morgan fingerprint density at radius 2 is 1.96 bits per heavy atom. The molecule has 2 aliphatic rings. The van der Waals surface area contributed by atoms with E-state index < -0.39 is 0 Å². The number of aryl methyl sites for hydroxylation is 1. The zero-order chi connectivity index (χ0) is 16.5. The summed E-state index contributed by atoms with van der Waals surface area (Å²) in [5.74, 6) is 1.13. The molecule has 1 atom stereocenters. The van der Waals surface area contributed by atoms with E-state index in [1.54, 1.807) is 17.7 Å². The maximum Gasteiger partial charge on any atom is 0.150 e. The minimum atomic E-state index is 0.746. The van der Waals surface area contributed by atoms with Gasteiger partial charge >= 0.3 is 0 Å². The zero-order valence-corrected chi connectivity index (χ0v) is 15.6. The number of piperidine rings is 1. The van der Waals surface area contributed by atoms with Crippen molar-refractivity contribution in [3.05, 3.63) is 17.3 Å². The smallest absolute Gasteiger partial charge is 0.150 e. The number of piperazine rings is 1. The molecule has 2 saturated heterocycles. The number of rotatable bonds is 3. The van der Waals surface area contributed by atoms with Crippen LogP contribution in [-0.2, 0) is 0 Å². The van der Waals surface area contributed by atoms with Crippen LogP contribution in [0.5, 0.6) is 0 Å². The standard InChI is InChI=1S/C18H27N5S/c1-14-12-24-17-16(14)19-13-20-18(17)23-9-7-22(8-10-23)11-15-5-3-4-6-21(15)2/h12-13,15H,3-11H2,1-2H3. The Labute approximate surface area is 148 Å². The quantitative estimate of drug-likeness (QED) is 0.854. The summed E-state index contributed by atoms with van der Waals surface area (Å²) in [5, 5.41) is 2.19. The van der Waals surface area contributed by atoms with Crippen molar-refractivity contribution in [3.8, 4) is 0 Å². The van der Waals surface area contributed by atoms with Crippen molar-refractivity contribution in [1.29, 1.82) is 0 Å². The van der Waals surface area contributed by atoms with Crippen molar-refractivity contribution < 1.29 is 0 Å². The van der Waals surface area contributed by atoms with Crippen molar-refractivity contribution >= 4 is 27.4 Å². The SMILES string of the molecule is Cc1csc2c(N3CCN(CC4CCCCN4C)CC3)ncnc12. The maximum absolute atomic E-state index is 4.60. The van der Waals surface area contributed by atoms with Gasteiger partial charge in [-0.3, -0.25) is 4.90 Å². The maximum atomic E-state index is 4.60. The van der Waals surface area contributed by atoms with Gasteiger partial charge in [0.15, 0.2) is 0 Å². The molecule has 5 nitrogen and oxygen atoms in total. The van der Waals surface area contributed by atoms with Gasteiger partial charge in [0.1, 0.15) is 12.1 Å². The highest BCUT2D eigenvalue weighted by atomic mass is 32.1. The minimum Gasteiger partial charge on any atom is -0.353 e. The van der Waals surface area contributed by atoms with Crippen molar-refractivity contribution in [3.63, 3.8) is 0 Å². The van der Waals surface area contributed by atoms with Crippen LogP contribution < -0.4 is 4.90 Å². The van der Waals surface area contributed by atoms with Gasteiger partial charge in [-0.1, -0.05) is 6.42 Å². The van der Waals surface area contributed by atoms with E-state index in [1.807, 2.05) is 0 Å². The average molecular weight is 346 g/mol. The third-order valence-corrected chi connectivity index (χ3v) is 6.66. The predicted molar refractivity (Wildman–Crippen MR) is 101 cm³/mol. The monoisotopic (exact) mass is 345 g/mol. The molecule has 0 spiro atoms. The molecule has 0 N–H and O–H groups in total. The van der Waals surface area contributed by atoms with Crippen LogP contribution in [0.4, 0.5) is 5.82 Å². The lowest BCUT2D eigenvalue weighted by molar-refractivity contribution is 0.124. The Bertz CT molecular complexity index is 692. The van der Waals surface area contributed by atoms with Crippen LogP contribution in [0.25, 0.3) is 10.2 Å². The molecule has 1 unspecified atom stereocenters. The number of hydrogen-bond donors (Lipinski definition) is 0. The van der Waals surface area contributed by atoms with Gasteiger partial charge in [-0.2, -0.15) is 0 Å². The number of fused-ring (bicyclic) bond motifs is 1. The van der Waals surface area contributed by atoms with Gasteiger partial charge in [0.25, 0.3) is 0 Å². The van der Waals surface area contributed by atoms with Gasteiger partial charge in [-0.05, 0) is 44.3 Å². The molecule has 0 radical (unpaired) electrons. The van der Waals surface area contributed by atoms with Crippen molar-refractivity contribution in [2.75, 3.05) is 51.2 Å². The number of thiophene rings is 1. The fraction of sp³-hybridized carbons (Fsp3) is 0.667. The molecule has 2 aromatic rings. The summed E-state index contributed by atoms with van der Waals surface area (Å²) < 4.78 is 1.25. The van der Waals surface area contributed by atoms with Gasteiger partial charge in [-0.15, -0.1) is 11.3 Å². The second-order valence-electron chi connectivity index (χ2n) is 7.21. The molecule has 6 heteroatoms. The summed E-state index contributed by atoms with van der Waals surface area (Å²) in [6.45, 7) is 9.04. The van der Waals surface area contributed by atoms with Crippen LogP contribution >= 0.6 is 11.3 Å². The third kappa shape index (κ3) is 3.15. The number of likely N-dealkylation sites (tertiary alicyclic amines) is 1. The topological polar surface area (TPSA) is 35.5 Å². The third-order valence-electron chi connectivity index (χ3n) is 5.57. The van der Waals surface area contributed by atoms with Crippen LogP contribution in [0.15, 0.2) is 11.7 Å². The fourth-order valence-corrected chi connectivity index (χ4v) is 5.02. The summed E-state index contributed by atoms with van der Waals surface area (Å²) in [7, 11) is 2.29. The summed E-state index contributed by atoms with van der Waals surface area (Å²) >= 11 is 1.78. The molecular formula is C18H27N5S. The van der Waals surface area contributed by atoms with E-state index in [1.165, 1.54) is 42.6 Å². The van der Waals surface area contributed by atoms with Gasteiger partial charge in [0, 0.05) is 38.8 Å². The number of hydrogen-bond acceptors (Lipinski definition) is 6. The molecule has 0 amide bonds. The van der Waals surface area contributed by atoms with Gasteiger partial charge < -0.3 is 9.80 Å². The van der Waals surface area contributed by atoms with E-state index in [4.69, 9.17) is 0 Å². The average Bonchev–Trinajstić information content (AvgIpc) is 2.99. The van der Waals surface area contributed by atoms with E-state index in [2.05, 4.69) is 44.0 Å². The highest BCUT2D eigenvalue weighted by Crippen LogP contribution is 2.31. The zero-order valence-electron chi connectivity index (χ0n) is 14.7. The molecule has 4 rings (SSSR count). The first-order valence-electron chi connectivity index (χ1n) is 9.08. The Hall–Kier alpha value is -1.24. The van der Waals surface area contributed by atoms with E-state index in [0.717, 1.165) is 43.6 Å². The largest absolute Gasteiger partial charge is 0.353 e. The number of nitrogens with zero attached hydrogens (tertiary/aromatic N) is 5. The molecule has 4 heterocycles.